The summed E-state index contributed by atoms with van der Waals surface area (Å²) in [6, 6.07) is 7.63. The maximum absolute atomic E-state index is 11.5. The molecular formula is C15H21NO4. The van der Waals surface area contributed by atoms with Crippen molar-refractivity contribution in [3.63, 3.8) is 0 Å². The molecule has 0 bridgehead atoms. The van der Waals surface area contributed by atoms with E-state index in [1.54, 1.807) is 0 Å². The zero-order valence-corrected chi connectivity index (χ0v) is 11.9. The molecule has 0 aliphatic heterocycles. The molecular weight excluding hydrogens is 258 g/mol. The Morgan fingerprint density at radius 3 is 2.45 bits per heavy atom. The molecule has 5 nitrogen and oxygen atoms in total. The lowest BCUT2D eigenvalue weighted by Gasteiger charge is -2.09. The number of rotatable bonds is 8. The SMILES string of the molecule is CC(C)c1ccc(OCC(=O)NCCCC(=O)O)cc1. The summed E-state index contributed by atoms with van der Waals surface area (Å²) in [6.45, 7) is 4.51. The Morgan fingerprint density at radius 2 is 1.90 bits per heavy atom. The van der Waals surface area contributed by atoms with E-state index in [2.05, 4.69) is 19.2 Å². The average molecular weight is 279 g/mol. The van der Waals surface area contributed by atoms with Crippen molar-refractivity contribution in [3.05, 3.63) is 29.8 Å². The lowest BCUT2D eigenvalue weighted by atomic mass is 10.0. The number of carboxylic acids is 1. The highest BCUT2D eigenvalue weighted by Crippen LogP contribution is 2.18. The van der Waals surface area contributed by atoms with Gasteiger partial charge in [-0.1, -0.05) is 26.0 Å². The first-order valence-corrected chi connectivity index (χ1v) is 6.70. The van der Waals surface area contributed by atoms with Crippen LogP contribution in [0, 0.1) is 0 Å². The Hall–Kier alpha value is -2.04. The summed E-state index contributed by atoms with van der Waals surface area (Å²) in [5, 5.41) is 11.1. The first kappa shape index (κ1) is 16.0. The first-order chi connectivity index (χ1) is 9.49. The van der Waals surface area contributed by atoms with Crippen LogP contribution < -0.4 is 10.1 Å². The number of benzene rings is 1. The third kappa shape index (κ3) is 6.22. The molecule has 1 aromatic carbocycles. The Bertz CT molecular complexity index is 440. The van der Waals surface area contributed by atoms with Crippen LogP contribution in [0.25, 0.3) is 0 Å². The molecule has 2 N–H and O–H groups in total. The van der Waals surface area contributed by atoms with Gasteiger partial charge in [-0.15, -0.1) is 0 Å². The summed E-state index contributed by atoms with van der Waals surface area (Å²) >= 11 is 0. The van der Waals surface area contributed by atoms with Crippen LogP contribution in [0.2, 0.25) is 0 Å². The lowest BCUT2D eigenvalue weighted by molar-refractivity contribution is -0.137. The van der Waals surface area contributed by atoms with Gasteiger partial charge in [-0.25, -0.2) is 0 Å². The second-order valence-electron chi connectivity index (χ2n) is 4.86. The summed E-state index contributed by atoms with van der Waals surface area (Å²) in [6.07, 6.45) is 0.474. The summed E-state index contributed by atoms with van der Waals surface area (Å²) in [5.74, 6) is 0.000681. The molecule has 0 spiro atoms. The molecule has 0 saturated heterocycles. The highest BCUT2D eigenvalue weighted by Gasteiger charge is 2.04. The van der Waals surface area contributed by atoms with E-state index in [-0.39, 0.29) is 18.9 Å². The zero-order chi connectivity index (χ0) is 15.0. The van der Waals surface area contributed by atoms with Crippen molar-refractivity contribution in [2.45, 2.75) is 32.6 Å². The van der Waals surface area contributed by atoms with E-state index in [1.807, 2.05) is 24.3 Å². The molecule has 0 radical (unpaired) electrons. The molecule has 110 valence electrons. The fourth-order valence-electron chi connectivity index (χ4n) is 1.62. The molecule has 0 aliphatic carbocycles. The van der Waals surface area contributed by atoms with E-state index in [1.165, 1.54) is 5.56 Å². The number of amides is 1. The minimum atomic E-state index is -0.860. The smallest absolute Gasteiger partial charge is 0.303 e. The molecule has 0 heterocycles. The highest BCUT2D eigenvalue weighted by molar-refractivity contribution is 5.77. The Labute approximate surface area is 118 Å². The van der Waals surface area contributed by atoms with Gasteiger partial charge in [-0.2, -0.15) is 0 Å². The van der Waals surface area contributed by atoms with Gasteiger partial charge < -0.3 is 15.2 Å². The number of carbonyl (C=O) groups excluding carboxylic acids is 1. The number of aliphatic carboxylic acids is 1. The van der Waals surface area contributed by atoms with Gasteiger partial charge in [0, 0.05) is 13.0 Å². The van der Waals surface area contributed by atoms with Crippen molar-refractivity contribution in [2.75, 3.05) is 13.2 Å². The van der Waals surface area contributed by atoms with Gasteiger partial charge in [0.2, 0.25) is 0 Å². The molecule has 0 unspecified atom stereocenters. The molecule has 1 rings (SSSR count). The predicted octanol–water partition coefficient (Wildman–Crippen LogP) is 2.17. The number of carboxylic acid groups (broad SMARTS) is 1. The van der Waals surface area contributed by atoms with Gasteiger partial charge >= 0.3 is 5.97 Å². The standard InChI is InChI=1S/C15H21NO4/c1-11(2)12-5-7-13(8-6-12)20-10-14(17)16-9-3-4-15(18)19/h5-8,11H,3-4,9-10H2,1-2H3,(H,16,17)(H,18,19). The van der Waals surface area contributed by atoms with Crippen LogP contribution in [0.5, 0.6) is 5.75 Å². The highest BCUT2D eigenvalue weighted by atomic mass is 16.5. The molecule has 1 amide bonds. The largest absolute Gasteiger partial charge is 0.484 e. The monoisotopic (exact) mass is 279 g/mol. The van der Waals surface area contributed by atoms with E-state index in [4.69, 9.17) is 9.84 Å². The minimum absolute atomic E-state index is 0.0534. The van der Waals surface area contributed by atoms with Gasteiger partial charge in [-0.05, 0) is 30.0 Å². The molecule has 0 atom stereocenters. The van der Waals surface area contributed by atoms with E-state index in [0.29, 0.717) is 24.6 Å². The van der Waals surface area contributed by atoms with Crippen molar-refractivity contribution in [3.8, 4) is 5.75 Å². The zero-order valence-electron chi connectivity index (χ0n) is 11.9. The Morgan fingerprint density at radius 1 is 1.25 bits per heavy atom. The van der Waals surface area contributed by atoms with Gasteiger partial charge in [0.05, 0.1) is 0 Å². The van der Waals surface area contributed by atoms with Crippen LogP contribution in [0.15, 0.2) is 24.3 Å². The van der Waals surface area contributed by atoms with Crippen molar-refractivity contribution in [1.29, 1.82) is 0 Å². The third-order valence-electron chi connectivity index (χ3n) is 2.81. The van der Waals surface area contributed by atoms with E-state index in [0.717, 1.165) is 0 Å². The molecule has 5 heteroatoms. The summed E-state index contributed by atoms with van der Waals surface area (Å²) in [4.78, 5) is 21.7. The molecule has 1 aromatic rings. The normalized spacial score (nSPS) is 10.3. The summed E-state index contributed by atoms with van der Waals surface area (Å²) < 4.78 is 5.35. The van der Waals surface area contributed by atoms with Gasteiger partial charge in [0.15, 0.2) is 6.61 Å². The van der Waals surface area contributed by atoms with Crippen LogP contribution >= 0.6 is 0 Å². The lowest BCUT2D eigenvalue weighted by Crippen LogP contribution is -2.29. The van der Waals surface area contributed by atoms with Crippen LogP contribution in [-0.2, 0) is 9.59 Å². The first-order valence-electron chi connectivity index (χ1n) is 6.70. The van der Waals surface area contributed by atoms with E-state index < -0.39 is 5.97 Å². The van der Waals surface area contributed by atoms with Gasteiger partial charge in [0.25, 0.3) is 5.91 Å². The van der Waals surface area contributed by atoms with Crippen molar-refractivity contribution < 1.29 is 19.4 Å². The van der Waals surface area contributed by atoms with Gasteiger partial charge in [-0.3, -0.25) is 9.59 Å². The number of hydrogen-bond donors (Lipinski definition) is 2. The summed E-state index contributed by atoms with van der Waals surface area (Å²) in [5.41, 5.74) is 1.22. The number of nitrogens with one attached hydrogen (secondary N) is 1. The quantitative estimate of drug-likeness (QED) is 0.715. The Balaban J connectivity index is 2.25. The molecule has 0 saturated carbocycles. The third-order valence-corrected chi connectivity index (χ3v) is 2.81. The van der Waals surface area contributed by atoms with Crippen molar-refractivity contribution in [2.24, 2.45) is 0 Å². The summed E-state index contributed by atoms with van der Waals surface area (Å²) in [7, 11) is 0. The van der Waals surface area contributed by atoms with Crippen LogP contribution in [0.4, 0.5) is 0 Å². The molecule has 0 fully saturated rings. The van der Waals surface area contributed by atoms with Crippen LogP contribution in [-0.4, -0.2) is 30.1 Å². The topological polar surface area (TPSA) is 75.6 Å². The van der Waals surface area contributed by atoms with Gasteiger partial charge in [0.1, 0.15) is 5.75 Å². The van der Waals surface area contributed by atoms with Crippen molar-refractivity contribution >= 4 is 11.9 Å². The maximum Gasteiger partial charge on any atom is 0.303 e. The number of carbonyl (C=O) groups is 2. The fraction of sp³-hybridized carbons (Fsp3) is 0.467. The number of hydrogen-bond acceptors (Lipinski definition) is 3. The van der Waals surface area contributed by atoms with E-state index >= 15 is 0 Å². The molecule has 0 aromatic heterocycles. The second kappa shape index (κ2) is 8.19. The predicted molar refractivity (Wildman–Crippen MR) is 75.9 cm³/mol. The Kier molecular flexibility index (Phi) is 6.56. The van der Waals surface area contributed by atoms with Crippen LogP contribution in [0.1, 0.15) is 38.2 Å². The van der Waals surface area contributed by atoms with Crippen molar-refractivity contribution in [1.82, 2.24) is 5.32 Å². The number of ether oxygens (including phenoxy) is 1. The maximum atomic E-state index is 11.5. The average Bonchev–Trinajstić information content (AvgIpc) is 2.41. The second-order valence-corrected chi connectivity index (χ2v) is 4.86. The van der Waals surface area contributed by atoms with E-state index in [9.17, 15) is 9.59 Å². The minimum Gasteiger partial charge on any atom is -0.484 e. The fourth-order valence-corrected chi connectivity index (χ4v) is 1.62. The van der Waals surface area contributed by atoms with Crippen LogP contribution in [0.3, 0.4) is 0 Å². The molecule has 20 heavy (non-hydrogen) atoms. The molecule has 0 aliphatic rings.